The maximum absolute atomic E-state index is 11.3. The number of carboxylic acid groups (broad SMARTS) is 1. The van der Waals surface area contributed by atoms with Gasteiger partial charge >= 0.3 is 5.97 Å². The summed E-state index contributed by atoms with van der Waals surface area (Å²) >= 11 is 0. The highest BCUT2D eigenvalue weighted by Gasteiger charge is 2.35. The Balaban J connectivity index is 2.07. The highest BCUT2D eigenvalue weighted by atomic mass is 16.6. The molecule has 1 saturated heterocycles. The Morgan fingerprint density at radius 2 is 2.00 bits per heavy atom. The van der Waals surface area contributed by atoms with Crippen molar-refractivity contribution in [2.45, 2.75) is 18.9 Å². The maximum Gasteiger partial charge on any atom is 0.326 e. The van der Waals surface area contributed by atoms with Crippen molar-refractivity contribution in [3.05, 3.63) is 22.2 Å². The third-order valence-electron chi connectivity index (χ3n) is 3.68. The van der Waals surface area contributed by atoms with E-state index in [1.54, 1.807) is 4.90 Å². The molecular formula is C13H14N2O6. The van der Waals surface area contributed by atoms with Crippen LogP contribution in [-0.2, 0) is 4.79 Å². The van der Waals surface area contributed by atoms with Crippen molar-refractivity contribution in [3.63, 3.8) is 0 Å². The Morgan fingerprint density at radius 1 is 1.33 bits per heavy atom. The zero-order valence-corrected chi connectivity index (χ0v) is 11.2. The molecule has 0 aromatic heterocycles. The predicted molar refractivity (Wildman–Crippen MR) is 72.1 cm³/mol. The van der Waals surface area contributed by atoms with Crippen LogP contribution in [0.4, 0.5) is 11.4 Å². The number of anilines is 1. The molecule has 1 unspecified atom stereocenters. The van der Waals surface area contributed by atoms with E-state index in [9.17, 15) is 20.0 Å². The lowest BCUT2D eigenvalue weighted by molar-refractivity contribution is -0.384. The monoisotopic (exact) mass is 294 g/mol. The van der Waals surface area contributed by atoms with Crippen molar-refractivity contribution >= 4 is 17.3 Å². The van der Waals surface area contributed by atoms with E-state index in [4.69, 9.17) is 9.47 Å². The smallest absolute Gasteiger partial charge is 0.326 e. The number of nitro benzene ring substituents is 1. The van der Waals surface area contributed by atoms with E-state index in [0.717, 1.165) is 0 Å². The van der Waals surface area contributed by atoms with Crippen LogP contribution in [0.25, 0.3) is 0 Å². The summed E-state index contributed by atoms with van der Waals surface area (Å²) in [4.78, 5) is 23.6. The first-order chi connectivity index (χ1) is 10.1. The van der Waals surface area contributed by atoms with Gasteiger partial charge in [0.1, 0.15) is 24.9 Å². The Labute approximate surface area is 120 Å². The molecule has 0 aliphatic carbocycles. The van der Waals surface area contributed by atoms with Crippen molar-refractivity contribution in [2.24, 2.45) is 0 Å². The molecule has 2 heterocycles. The molecule has 0 amide bonds. The zero-order chi connectivity index (χ0) is 15.0. The van der Waals surface area contributed by atoms with Gasteiger partial charge < -0.3 is 19.5 Å². The molecule has 112 valence electrons. The van der Waals surface area contributed by atoms with Gasteiger partial charge in [-0.25, -0.2) is 4.79 Å². The van der Waals surface area contributed by atoms with Crippen LogP contribution in [-0.4, -0.2) is 41.8 Å². The minimum Gasteiger partial charge on any atom is -0.486 e. The summed E-state index contributed by atoms with van der Waals surface area (Å²) in [6, 6.07) is 2.07. The standard InChI is InChI=1S/C13H14N2O6/c16-13(17)8-2-1-3-14(8)9-6-11-12(21-5-4-20-11)7-10(9)15(18)19/h6-8H,1-5H2,(H,16,17). The van der Waals surface area contributed by atoms with Crippen molar-refractivity contribution < 1.29 is 24.3 Å². The lowest BCUT2D eigenvalue weighted by atomic mass is 10.1. The second-order valence-corrected chi connectivity index (χ2v) is 4.93. The molecule has 0 spiro atoms. The number of fused-ring (bicyclic) bond motifs is 1. The second kappa shape index (κ2) is 5.12. The fraction of sp³-hybridized carbons (Fsp3) is 0.462. The Hall–Kier alpha value is -2.51. The highest BCUT2D eigenvalue weighted by Crippen LogP contribution is 2.43. The molecule has 0 radical (unpaired) electrons. The van der Waals surface area contributed by atoms with Crippen molar-refractivity contribution in [3.8, 4) is 11.5 Å². The second-order valence-electron chi connectivity index (χ2n) is 4.93. The van der Waals surface area contributed by atoms with Gasteiger partial charge in [0, 0.05) is 12.6 Å². The predicted octanol–water partition coefficient (Wildman–Crippen LogP) is 1.42. The normalized spacial score (nSPS) is 20.4. The summed E-state index contributed by atoms with van der Waals surface area (Å²) < 4.78 is 10.8. The zero-order valence-electron chi connectivity index (χ0n) is 11.2. The molecule has 2 aliphatic rings. The van der Waals surface area contributed by atoms with Crippen LogP contribution in [0.5, 0.6) is 11.5 Å². The lowest BCUT2D eigenvalue weighted by Crippen LogP contribution is -2.36. The summed E-state index contributed by atoms with van der Waals surface area (Å²) in [5.74, 6) is -0.239. The number of carboxylic acids is 1. The Kier molecular flexibility index (Phi) is 3.28. The molecular weight excluding hydrogens is 280 g/mol. The van der Waals surface area contributed by atoms with E-state index >= 15 is 0 Å². The van der Waals surface area contributed by atoms with Crippen LogP contribution in [0.1, 0.15) is 12.8 Å². The summed E-state index contributed by atoms with van der Waals surface area (Å²) in [5.41, 5.74) is 0.113. The van der Waals surface area contributed by atoms with Gasteiger partial charge in [-0.3, -0.25) is 10.1 Å². The molecule has 8 nitrogen and oxygen atoms in total. The first-order valence-electron chi connectivity index (χ1n) is 6.65. The molecule has 0 bridgehead atoms. The van der Waals surface area contributed by atoms with Crippen molar-refractivity contribution in [2.75, 3.05) is 24.7 Å². The quantitative estimate of drug-likeness (QED) is 0.664. The molecule has 0 saturated carbocycles. The molecule has 1 aromatic carbocycles. The number of nitro groups is 1. The largest absolute Gasteiger partial charge is 0.486 e. The third-order valence-corrected chi connectivity index (χ3v) is 3.68. The Morgan fingerprint density at radius 3 is 2.62 bits per heavy atom. The number of aliphatic carboxylic acids is 1. The summed E-state index contributed by atoms with van der Waals surface area (Å²) in [6.45, 7) is 1.18. The number of ether oxygens (including phenoxy) is 2. The number of rotatable bonds is 3. The van der Waals surface area contributed by atoms with E-state index in [1.807, 2.05) is 0 Å². The molecule has 3 rings (SSSR count). The molecule has 8 heteroatoms. The first kappa shape index (κ1) is 13.5. The van der Waals surface area contributed by atoms with Crippen LogP contribution < -0.4 is 14.4 Å². The van der Waals surface area contributed by atoms with E-state index < -0.39 is 16.9 Å². The fourth-order valence-corrected chi connectivity index (χ4v) is 2.76. The van der Waals surface area contributed by atoms with Gasteiger partial charge in [-0.05, 0) is 12.8 Å². The van der Waals surface area contributed by atoms with Crippen molar-refractivity contribution in [1.29, 1.82) is 0 Å². The minimum atomic E-state index is -0.975. The molecule has 21 heavy (non-hydrogen) atoms. The van der Waals surface area contributed by atoms with Gasteiger partial charge in [-0.2, -0.15) is 0 Å². The minimum absolute atomic E-state index is 0.160. The summed E-state index contributed by atoms with van der Waals surface area (Å²) in [5, 5.41) is 20.5. The van der Waals surface area contributed by atoms with Crippen LogP contribution in [0.15, 0.2) is 12.1 Å². The average Bonchev–Trinajstić information content (AvgIpc) is 2.95. The average molecular weight is 294 g/mol. The SMILES string of the molecule is O=C(O)C1CCCN1c1cc2c(cc1[N+](=O)[O-])OCCO2. The van der Waals surface area contributed by atoms with Crippen LogP contribution in [0, 0.1) is 10.1 Å². The number of hydrogen-bond donors (Lipinski definition) is 1. The topological polar surface area (TPSA) is 102 Å². The van der Waals surface area contributed by atoms with Crippen LogP contribution in [0.3, 0.4) is 0 Å². The van der Waals surface area contributed by atoms with Crippen LogP contribution in [0.2, 0.25) is 0 Å². The fourth-order valence-electron chi connectivity index (χ4n) is 2.76. The number of carbonyl (C=O) groups is 1. The molecule has 1 aromatic rings. The maximum atomic E-state index is 11.3. The summed E-state index contributed by atoms with van der Waals surface area (Å²) in [7, 11) is 0. The highest BCUT2D eigenvalue weighted by molar-refractivity contribution is 5.82. The van der Waals surface area contributed by atoms with Gasteiger partial charge in [0.05, 0.1) is 11.0 Å². The molecule has 1 atom stereocenters. The van der Waals surface area contributed by atoms with Gasteiger partial charge in [0.15, 0.2) is 11.5 Å². The van der Waals surface area contributed by atoms with Gasteiger partial charge in [0.2, 0.25) is 0 Å². The van der Waals surface area contributed by atoms with Crippen molar-refractivity contribution in [1.82, 2.24) is 0 Å². The molecule has 1 N–H and O–H groups in total. The number of nitrogens with zero attached hydrogens (tertiary/aromatic N) is 2. The van der Waals surface area contributed by atoms with E-state index in [1.165, 1.54) is 12.1 Å². The van der Waals surface area contributed by atoms with E-state index in [2.05, 4.69) is 0 Å². The Bertz CT molecular complexity index is 603. The van der Waals surface area contributed by atoms with Crippen LogP contribution >= 0.6 is 0 Å². The number of hydrogen-bond acceptors (Lipinski definition) is 6. The van der Waals surface area contributed by atoms with Gasteiger partial charge in [-0.15, -0.1) is 0 Å². The van der Waals surface area contributed by atoms with E-state index in [0.29, 0.717) is 44.1 Å². The third kappa shape index (κ3) is 2.32. The van der Waals surface area contributed by atoms with Gasteiger partial charge in [0.25, 0.3) is 5.69 Å². The van der Waals surface area contributed by atoms with E-state index in [-0.39, 0.29) is 11.4 Å². The molecule has 1 fully saturated rings. The number of benzene rings is 1. The van der Waals surface area contributed by atoms with Gasteiger partial charge in [-0.1, -0.05) is 0 Å². The molecule has 2 aliphatic heterocycles. The summed E-state index contributed by atoms with van der Waals surface area (Å²) in [6.07, 6.45) is 1.16. The lowest BCUT2D eigenvalue weighted by Gasteiger charge is -2.25. The first-order valence-corrected chi connectivity index (χ1v) is 6.65.